The number of carbonyl (C=O) groups is 1. The average Bonchev–Trinajstić information content (AvgIpc) is 2.45. The van der Waals surface area contributed by atoms with Crippen molar-refractivity contribution in [2.75, 3.05) is 0 Å². The second kappa shape index (κ2) is 6.10. The number of carboxylic acids is 1. The molecule has 0 saturated heterocycles. The lowest BCUT2D eigenvalue weighted by molar-refractivity contribution is -0.145. The Kier molecular flexibility index (Phi) is 4.50. The van der Waals surface area contributed by atoms with E-state index in [0.717, 1.165) is 24.3 Å². The summed E-state index contributed by atoms with van der Waals surface area (Å²) in [7, 11) is 0. The van der Waals surface area contributed by atoms with E-state index >= 15 is 0 Å². The van der Waals surface area contributed by atoms with E-state index in [9.17, 15) is 31.1 Å². The zero-order valence-corrected chi connectivity index (χ0v) is 11.6. The fraction of sp³-hybridized carbons (Fsp3) is 0.214. The van der Waals surface area contributed by atoms with Crippen LogP contribution in [0.1, 0.15) is 33.1 Å². The van der Waals surface area contributed by atoms with Crippen LogP contribution in [-0.2, 0) is 18.8 Å². The lowest BCUT2D eigenvalue weighted by atomic mass is 10.1. The maximum absolute atomic E-state index is 12.7. The van der Waals surface area contributed by atoms with E-state index in [2.05, 4.69) is 9.97 Å². The lowest BCUT2D eigenvalue weighted by Gasteiger charge is -2.10. The van der Waals surface area contributed by atoms with E-state index in [0.29, 0.717) is 0 Å². The molecule has 0 aliphatic rings. The number of aromatic carboxylic acids is 1. The van der Waals surface area contributed by atoms with Gasteiger partial charge in [-0.1, -0.05) is 18.2 Å². The summed E-state index contributed by atoms with van der Waals surface area (Å²) < 4.78 is 76.0. The highest BCUT2D eigenvalue weighted by Crippen LogP contribution is 2.30. The molecule has 1 heterocycles. The molecule has 0 atom stereocenters. The van der Waals surface area contributed by atoms with Crippen molar-refractivity contribution >= 4 is 5.97 Å². The van der Waals surface area contributed by atoms with Gasteiger partial charge in [0.05, 0.1) is 5.56 Å². The van der Waals surface area contributed by atoms with Crippen LogP contribution in [0.25, 0.3) is 0 Å². The zero-order chi connectivity index (χ0) is 18.1. The highest BCUT2D eigenvalue weighted by Gasteiger charge is 2.36. The molecule has 4 nitrogen and oxygen atoms in total. The molecule has 0 aliphatic carbocycles. The summed E-state index contributed by atoms with van der Waals surface area (Å²) >= 11 is 0. The van der Waals surface area contributed by atoms with E-state index < -0.39 is 41.8 Å². The normalized spacial score (nSPS) is 12.2. The van der Waals surface area contributed by atoms with Gasteiger partial charge in [0.1, 0.15) is 0 Å². The molecule has 0 amide bonds. The molecule has 128 valence electrons. The van der Waals surface area contributed by atoms with Crippen LogP contribution in [0, 0.1) is 0 Å². The number of hydrogen-bond acceptors (Lipinski definition) is 3. The van der Waals surface area contributed by atoms with Gasteiger partial charge in [-0.25, -0.2) is 14.8 Å². The Morgan fingerprint density at radius 2 is 1.67 bits per heavy atom. The van der Waals surface area contributed by atoms with E-state index in [1.807, 2.05) is 0 Å². The molecule has 0 aliphatic heterocycles. The van der Waals surface area contributed by atoms with Crippen LogP contribution in [0.2, 0.25) is 0 Å². The first-order valence-electron chi connectivity index (χ1n) is 6.31. The Morgan fingerprint density at radius 1 is 1.00 bits per heavy atom. The van der Waals surface area contributed by atoms with Gasteiger partial charge in [0.2, 0.25) is 5.82 Å². The number of aromatic nitrogens is 2. The molecule has 0 spiro atoms. The molecule has 2 aromatic rings. The molecule has 1 aromatic carbocycles. The molecule has 1 N–H and O–H groups in total. The summed E-state index contributed by atoms with van der Waals surface area (Å²) in [6.07, 6.45) is -9.99. The molecule has 0 fully saturated rings. The summed E-state index contributed by atoms with van der Waals surface area (Å²) in [5, 5.41) is 8.81. The predicted molar refractivity (Wildman–Crippen MR) is 68.2 cm³/mol. The quantitative estimate of drug-likeness (QED) is 0.856. The lowest BCUT2D eigenvalue weighted by Crippen LogP contribution is -2.16. The fourth-order valence-electron chi connectivity index (χ4n) is 1.89. The number of alkyl halides is 6. The summed E-state index contributed by atoms with van der Waals surface area (Å²) in [6.45, 7) is 0. The third-order valence-electron chi connectivity index (χ3n) is 2.89. The minimum Gasteiger partial charge on any atom is -0.477 e. The summed E-state index contributed by atoms with van der Waals surface area (Å²) in [4.78, 5) is 16.9. The largest absolute Gasteiger partial charge is 0.477 e. The maximum atomic E-state index is 12.7. The molecule has 2 rings (SSSR count). The van der Waals surface area contributed by atoms with Crippen molar-refractivity contribution in [2.24, 2.45) is 0 Å². The van der Waals surface area contributed by atoms with Crippen molar-refractivity contribution in [1.29, 1.82) is 0 Å². The molecule has 24 heavy (non-hydrogen) atoms. The first-order valence-corrected chi connectivity index (χ1v) is 6.31. The van der Waals surface area contributed by atoms with E-state index in [1.165, 1.54) is 6.07 Å². The van der Waals surface area contributed by atoms with Crippen LogP contribution in [0.3, 0.4) is 0 Å². The van der Waals surface area contributed by atoms with Gasteiger partial charge < -0.3 is 5.11 Å². The van der Waals surface area contributed by atoms with Gasteiger partial charge in [0.25, 0.3) is 0 Å². The Labute approximate surface area is 130 Å². The molecule has 1 aromatic heterocycles. The van der Waals surface area contributed by atoms with Gasteiger partial charge in [0.15, 0.2) is 5.69 Å². The number of rotatable bonds is 3. The van der Waals surface area contributed by atoms with Gasteiger partial charge in [-0.2, -0.15) is 26.3 Å². The Morgan fingerprint density at radius 3 is 2.21 bits per heavy atom. The van der Waals surface area contributed by atoms with Crippen LogP contribution in [0.5, 0.6) is 0 Å². The molecular formula is C14H8F6N2O2. The van der Waals surface area contributed by atoms with Crippen molar-refractivity contribution in [3.63, 3.8) is 0 Å². The molecule has 0 saturated carbocycles. The first kappa shape index (κ1) is 17.7. The van der Waals surface area contributed by atoms with E-state index in [-0.39, 0.29) is 11.3 Å². The predicted octanol–water partition coefficient (Wildman–Crippen LogP) is 3.80. The van der Waals surface area contributed by atoms with Crippen molar-refractivity contribution in [2.45, 2.75) is 18.8 Å². The van der Waals surface area contributed by atoms with Crippen LogP contribution in [0.4, 0.5) is 26.3 Å². The SMILES string of the molecule is O=C(O)c1cc(Cc2cccc(C(F)(F)F)c2)nc(C(F)(F)F)n1. The third-order valence-corrected chi connectivity index (χ3v) is 2.89. The molecular weight excluding hydrogens is 342 g/mol. The monoisotopic (exact) mass is 350 g/mol. The average molecular weight is 350 g/mol. The zero-order valence-electron chi connectivity index (χ0n) is 11.6. The van der Waals surface area contributed by atoms with Crippen LogP contribution in [0.15, 0.2) is 30.3 Å². The summed E-state index contributed by atoms with van der Waals surface area (Å²) in [5.74, 6) is -3.36. The van der Waals surface area contributed by atoms with Gasteiger partial charge >= 0.3 is 18.3 Å². The highest BCUT2D eigenvalue weighted by molar-refractivity contribution is 5.85. The highest BCUT2D eigenvalue weighted by atomic mass is 19.4. The van der Waals surface area contributed by atoms with Crippen LogP contribution >= 0.6 is 0 Å². The Balaban J connectivity index is 2.43. The van der Waals surface area contributed by atoms with E-state index in [4.69, 9.17) is 5.11 Å². The van der Waals surface area contributed by atoms with Gasteiger partial charge in [0, 0.05) is 12.1 Å². The fourth-order valence-corrected chi connectivity index (χ4v) is 1.89. The molecule has 0 radical (unpaired) electrons. The second-order valence-corrected chi connectivity index (χ2v) is 4.75. The smallest absolute Gasteiger partial charge is 0.451 e. The van der Waals surface area contributed by atoms with E-state index in [1.54, 1.807) is 0 Å². The molecule has 0 unspecified atom stereocenters. The number of halogens is 6. The molecule has 10 heteroatoms. The van der Waals surface area contributed by atoms with Gasteiger partial charge in [-0.05, 0) is 17.7 Å². The minimum atomic E-state index is -4.98. The number of hydrogen-bond donors (Lipinski definition) is 1. The van der Waals surface area contributed by atoms with Crippen molar-refractivity contribution in [1.82, 2.24) is 9.97 Å². The van der Waals surface area contributed by atoms with Gasteiger partial charge in [-0.15, -0.1) is 0 Å². The number of benzene rings is 1. The maximum Gasteiger partial charge on any atom is 0.451 e. The van der Waals surface area contributed by atoms with Crippen molar-refractivity contribution in [3.05, 3.63) is 58.7 Å². The van der Waals surface area contributed by atoms with Crippen molar-refractivity contribution < 1.29 is 36.2 Å². The standard InChI is InChI=1S/C14H8F6N2O2/c15-13(16,17)8-3-1-2-7(4-8)5-9-6-10(11(23)24)22-12(21-9)14(18,19)20/h1-4,6H,5H2,(H,23,24). The van der Waals surface area contributed by atoms with Crippen molar-refractivity contribution in [3.8, 4) is 0 Å². The van der Waals surface area contributed by atoms with Crippen LogP contribution in [-0.4, -0.2) is 21.0 Å². The van der Waals surface area contributed by atoms with Crippen LogP contribution < -0.4 is 0 Å². The third kappa shape index (κ3) is 4.21. The summed E-state index contributed by atoms with van der Waals surface area (Å²) in [6, 6.07) is 4.73. The second-order valence-electron chi connectivity index (χ2n) is 4.75. The number of carboxylic acid groups (broad SMARTS) is 1. The Bertz CT molecular complexity index is 771. The Hall–Kier alpha value is -2.65. The topological polar surface area (TPSA) is 63.1 Å². The summed E-state index contributed by atoms with van der Waals surface area (Å²) in [5.41, 5.74) is -2.18. The first-order chi connectivity index (χ1) is 11.0. The minimum absolute atomic E-state index is 0.0352. The number of nitrogens with zero attached hydrogens (tertiary/aromatic N) is 2. The molecule has 0 bridgehead atoms. The van der Waals surface area contributed by atoms with Gasteiger partial charge in [-0.3, -0.25) is 0 Å².